The first-order chi connectivity index (χ1) is 14.5. The molecule has 0 spiro atoms. The van der Waals surface area contributed by atoms with Gasteiger partial charge >= 0.3 is 12.3 Å². The van der Waals surface area contributed by atoms with Gasteiger partial charge in [0, 0.05) is 37.1 Å². The van der Waals surface area contributed by atoms with E-state index < -0.39 is 42.3 Å². The summed E-state index contributed by atoms with van der Waals surface area (Å²) in [4.78, 5) is 35.1. The number of carbonyl (C=O) groups is 2. The van der Waals surface area contributed by atoms with Crippen LogP contribution in [0.5, 0.6) is 0 Å². The third kappa shape index (κ3) is 4.84. The Hall–Kier alpha value is -3.02. The van der Waals surface area contributed by atoms with Crippen molar-refractivity contribution in [3.05, 3.63) is 41.1 Å². The van der Waals surface area contributed by atoms with Gasteiger partial charge in [0.15, 0.2) is 0 Å². The third-order valence-corrected chi connectivity index (χ3v) is 5.20. The predicted molar refractivity (Wildman–Crippen MR) is 99.7 cm³/mol. The fourth-order valence-corrected chi connectivity index (χ4v) is 3.37. The molecule has 3 rings (SSSR count). The van der Waals surface area contributed by atoms with Crippen molar-refractivity contribution in [3.63, 3.8) is 0 Å². The molecule has 1 aliphatic rings. The van der Waals surface area contributed by atoms with Gasteiger partial charge in [-0.3, -0.25) is 14.7 Å². The lowest BCUT2D eigenvalue weighted by molar-refractivity contribution is -0.145. The van der Waals surface area contributed by atoms with E-state index in [2.05, 4.69) is 20.3 Å². The number of hydrogen-bond acceptors (Lipinski definition) is 5. The van der Waals surface area contributed by atoms with Gasteiger partial charge in [0.1, 0.15) is 12.2 Å². The number of aromatic nitrogens is 3. The van der Waals surface area contributed by atoms with Gasteiger partial charge in [0.05, 0.1) is 16.8 Å². The first-order valence-electron chi connectivity index (χ1n) is 8.96. The second kappa shape index (κ2) is 8.61. The Morgan fingerprint density at radius 1 is 1.26 bits per heavy atom. The smallest absolute Gasteiger partial charge is 0.451 e. The summed E-state index contributed by atoms with van der Waals surface area (Å²) >= 11 is 6.08. The Labute approximate surface area is 178 Å². The van der Waals surface area contributed by atoms with Crippen LogP contribution in [-0.4, -0.2) is 55.2 Å². The number of nitrogens with one attached hydrogen (secondary N) is 1. The molecule has 0 bridgehead atoms. The van der Waals surface area contributed by atoms with Crippen molar-refractivity contribution < 1.29 is 32.3 Å². The van der Waals surface area contributed by atoms with Crippen molar-refractivity contribution in [1.82, 2.24) is 25.2 Å². The minimum absolute atomic E-state index is 0.135. The van der Waals surface area contributed by atoms with Crippen molar-refractivity contribution in [2.75, 3.05) is 0 Å². The molecule has 0 unspecified atom stereocenters. The first-order valence-corrected chi connectivity index (χ1v) is 9.34. The maximum absolute atomic E-state index is 13.9. The number of amides is 2. The van der Waals surface area contributed by atoms with Crippen LogP contribution in [0.15, 0.2) is 24.7 Å². The maximum atomic E-state index is 13.9. The number of hydrogen-bond donors (Lipinski definition) is 2. The fourth-order valence-electron chi connectivity index (χ4n) is 3.20. The molecular formula is C18H16ClF4N5O3. The van der Waals surface area contributed by atoms with Gasteiger partial charge in [0.25, 0.3) is 0 Å². The zero-order valence-corrected chi connectivity index (χ0v) is 16.7. The fraction of sp³-hybridized carbons (Fsp3) is 0.389. The molecule has 1 saturated heterocycles. The molecule has 0 aromatic carbocycles. The molecule has 8 nitrogen and oxygen atoms in total. The van der Waals surface area contributed by atoms with E-state index in [1.54, 1.807) is 0 Å². The standard InChI is InChI=1S/C18H16ClF4N5O3/c1-8-12(20)3-14(28(8)17(30)31)15(29)25-4-9-2-13(24-7-11(9)19)10-5-26-16(27-6-10)18(21,22)23/h2,5-8,12,14H,3-4H2,1H3,(H,25,29)(H,30,31)/t8-,12+,14-/m0/s1. The molecule has 0 radical (unpaired) electrons. The summed E-state index contributed by atoms with van der Waals surface area (Å²) in [5.74, 6) is -1.99. The van der Waals surface area contributed by atoms with Gasteiger partial charge in [0.2, 0.25) is 11.7 Å². The van der Waals surface area contributed by atoms with E-state index in [1.807, 2.05) is 0 Å². The van der Waals surface area contributed by atoms with E-state index in [1.165, 1.54) is 19.2 Å². The monoisotopic (exact) mass is 461 g/mol. The topological polar surface area (TPSA) is 108 Å². The highest BCUT2D eigenvalue weighted by atomic mass is 35.5. The summed E-state index contributed by atoms with van der Waals surface area (Å²) in [7, 11) is 0. The van der Waals surface area contributed by atoms with Gasteiger partial charge in [-0.05, 0) is 18.6 Å². The van der Waals surface area contributed by atoms with Crippen molar-refractivity contribution in [2.45, 2.75) is 44.3 Å². The molecular weight excluding hydrogens is 446 g/mol. The van der Waals surface area contributed by atoms with E-state index in [4.69, 9.17) is 11.6 Å². The number of rotatable bonds is 4. The summed E-state index contributed by atoms with van der Waals surface area (Å²) in [6.45, 7) is 1.24. The average molecular weight is 462 g/mol. The lowest BCUT2D eigenvalue weighted by atomic mass is 10.1. The molecule has 166 valence electrons. The molecule has 0 saturated carbocycles. The van der Waals surface area contributed by atoms with Crippen molar-refractivity contribution in [2.24, 2.45) is 0 Å². The summed E-state index contributed by atoms with van der Waals surface area (Å²) in [6, 6.07) is -0.714. The zero-order valence-electron chi connectivity index (χ0n) is 15.9. The van der Waals surface area contributed by atoms with E-state index in [9.17, 15) is 32.3 Å². The molecule has 0 aliphatic carbocycles. The summed E-state index contributed by atoms with van der Waals surface area (Å²) in [5, 5.41) is 11.9. The van der Waals surface area contributed by atoms with Gasteiger partial charge in [-0.1, -0.05) is 11.6 Å². The quantitative estimate of drug-likeness (QED) is 0.676. The lowest BCUT2D eigenvalue weighted by Gasteiger charge is -2.24. The Bertz CT molecular complexity index is 989. The van der Waals surface area contributed by atoms with Crippen molar-refractivity contribution in [3.8, 4) is 11.3 Å². The van der Waals surface area contributed by atoms with Crippen LogP contribution in [0, 0.1) is 0 Å². The summed E-state index contributed by atoms with van der Waals surface area (Å²) in [5.41, 5.74) is 0.775. The van der Waals surface area contributed by atoms with Crippen LogP contribution in [-0.2, 0) is 17.5 Å². The van der Waals surface area contributed by atoms with Crippen LogP contribution >= 0.6 is 11.6 Å². The molecule has 13 heteroatoms. The lowest BCUT2D eigenvalue weighted by Crippen LogP contribution is -2.47. The van der Waals surface area contributed by atoms with Crippen LogP contribution in [0.1, 0.15) is 24.7 Å². The highest BCUT2D eigenvalue weighted by molar-refractivity contribution is 6.31. The normalized spacial score (nSPS) is 21.2. The SMILES string of the molecule is C[C@H]1[C@H](F)C[C@@H](C(=O)NCc2cc(-c3cnc(C(F)(F)F)nc3)ncc2Cl)N1C(=O)O. The largest absolute Gasteiger partial charge is 0.465 e. The molecule has 1 aliphatic heterocycles. The molecule has 2 amide bonds. The van der Waals surface area contributed by atoms with E-state index in [0.29, 0.717) is 5.56 Å². The van der Waals surface area contributed by atoms with E-state index >= 15 is 0 Å². The second-order valence-electron chi connectivity index (χ2n) is 6.87. The predicted octanol–water partition coefficient (Wildman–Crippen LogP) is 3.31. The van der Waals surface area contributed by atoms with Gasteiger partial charge in [-0.15, -0.1) is 0 Å². The number of alkyl halides is 4. The summed E-state index contributed by atoms with van der Waals surface area (Å²) in [6.07, 6.45) is -4.66. The average Bonchev–Trinajstić information content (AvgIpc) is 3.01. The Morgan fingerprint density at radius 2 is 1.90 bits per heavy atom. The van der Waals surface area contributed by atoms with E-state index in [-0.39, 0.29) is 29.2 Å². The van der Waals surface area contributed by atoms with Crippen LogP contribution in [0.4, 0.5) is 22.4 Å². The van der Waals surface area contributed by atoms with Crippen LogP contribution in [0.3, 0.4) is 0 Å². The third-order valence-electron chi connectivity index (χ3n) is 4.86. The number of carboxylic acid groups (broad SMARTS) is 1. The number of likely N-dealkylation sites (tertiary alicyclic amines) is 1. The molecule has 2 aromatic rings. The minimum Gasteiger partial charge on any atom is -0.465 e. The highest BCUT2D eigenvalue weighted by Crippen LogP contribution is 2.29. The number of halogens is 5. The van der Waals surface area contributed by atoms with Crippen LogP contribution in [0.25, 0.3) is 11.3 Å². The van der Waals surface area contributed by atoms with E-state index in [0.717, 1.165) is 17.3 Å². The maximum Gasteiger partial charge on any atom is 0.451 e. The Kier molecular flexibility index (Phi) is 6.30. The number of pyridine rings is 1. The molecule has 3 heterocycles. The van der Waals surface area contributed by atoms with Gasteiger partial charge in [-0.2, -0.15) is 13.2 Å². The van der Waals surface area contributed by atoms with Crippen molar-refractivity contribution in [1.29, 1.82) is 0 Å². The number of carbonyl (C=O) groups excluding carboxylic acids is 1. The Morgan fingerprint density at radius 3 is 2.48 bits per heavy atom. The van der Waals surface area contributed by atoms with Crippen molar-refractivity contribution >= 4 is 23.6 Å². The molecule has 1 fully saturated rings. The number of nitrogens with zero attached hydrogens (tertiary/aromatic N) is 4. The highest BCUT2D eigenvalue weighted by Gasteiger charge is 2.45. The molecule has 2 N–H and O–H groups in total. The first kappa shape index (κ1) is 22.7. The minimum atomic E-state index is -4.68. The molecule has 31 heavy (non-hydrogen) atoms. The molecule has 2 aromatic heterocycles. The second-order valence-corrected chi connectivity index (χ2v) is 7.28. The van der Waals surface area contributed by atoms with Gasteiger partial charge < -0.3 is 10.4 Å². The molecule has 3 atom stereocenters. The zero-order chi connectivity index (χ0) is 22.9. The Balaban J connectivity index is 1.74. The van der Waals surface area contributed by atoms with Crippen LogP contribution < -0.4 is 5.32 Å². The van der Waals surface area contributed by atoms with Crippen LogP contribution in [0.2, 0.25) is 5.02 Å². The summed E-state index contributed by atoms with van der Waals surface area (Å²) < 4.78 is 51.7. The van der Waals surface area contributed by atoms with Gasteiger partial charge in [-0.25, -0.2) is 19.2 Å².